The van der Waals surface area contributed by atoms with Crippen molar-refractivity contribution in [2.45, 2.75) is 0 Å². The van der Waals surface area contributed by atoms with E-state index in [-0.39, 0.29) is 17.4 Å². The van der Waals surface area contributed by atoms with E-state index in [1.807, 2.05) is 18.2 Å². The molecule has 0 bridgehead atoms. The number of hydrogen-bond donors (Lipinski definition) is 0. The summed E-state index contributed by atoms with van der Waals surface area (Å²) in [5.41, 5.74) is 0. The number of halogens is 1. The molecule has 0 N–H and O–H groups in total. The number of para-hydroxylation sites is 1. The summed E-state index contributed by atoms with van der Waals surface area (Å²) in [6.07, 6.45) is 0. The fourth-order valence-corrected chi connectivity index (χ4v) is 0.823. The molecule has 0 unspecified atom stereocenters. The number of ether oxygens (including phenoxy) is 1. The van der Waals surface area contributed by atoms with Crippen LogP contribution in [0.1, 0.15) is 0 Å². The molecule has 0 amide bonds. The van der Waals surface area contributed by atoms with Gasteiger partial charge in [-0.2, -0.15) is 0 Å². The maximum atomic E-state index is 7.50. The SMILES string of the molecule is COc1ccccc1Cl.[C]=O.[Cr]. The van der Waals surface area contributed by atoms with Gasteiger partial charge in [-0.1, -0.05) is 23.7 Å². The predicted octanol–water partition coefficient (Wildman–Crippen LogP) is 1.95. The Hall–Kier alpha value is -0.488. The zero-order valence-corrected chi connectivity index (χ0v) is 8.44. The first-order valence-electron chi connectivity index (χ1n) is 2.83. The van der Waals surface area contributed by atoms with Crippen LogP contribution in [0.5, 0.6) is 5.75 Å². The Morgan fingerprint density at radius 2 is 1.83 bits per heavy atom. The summed E-state index contributed by atoms with van der Waals surface area (Å²) in [7, 11) is 1.60. The maximum Gasteiger partial charge on any atom is 0.281 e. The second-order valence-electron chi connectivity index (χ2n) is 1.63. The number of hydrogen-bond acceptors (Lipinski definition) is 2. The molecule has 64 valence electrons. The van der Waals surface area contributed by atoms with Crippen molar-refractivity contribution in [3.63, 3.8) is 0 Å². The molecule has 0 saturated heterocycles. The molecule has 0 aliphatic rings. The molecule has 4 heteroatoms. The topological polar surface area (TPSA) is 26.3 Å². The molecule has 2 radical (unpaired) electrons. The zero-order valence-electron chi connectivity index (χ0n) is 6.41. The van der Waals surface area contributed by atoms with E-state index >= 15 is 0 Å². The third-order valence-corrected chi connectivity index (χ3v) is 1.37. The molecule has 12 heavy (non-hydrogen) atoms. The van der Waals surface area contributed by atoms with E-state index in [2.05, 4.69) is 6.79 Å². The van der Waals surface area contributed by atoms with Gasteiger partial charge in [-0.25, -0.2) is 0 Å². The van der Waals surface area contributed by atoms with Crippen LogP contribution < -0.4 is 4.74 Å². The van der Waals surface area contributed by atoms with Crippen molar-refractivity contribution in [2.24, 2.45) is 0 Å². The predicted molar refractivity (Wildman–Crippen MR) is 43.7 cm³/mol. The Labute approximate surface area is 87.6 Å². The van der Waals surface area contributed by atoms with Crippen LogP contribution in [0.15, 0.2) is 24.3 Å². The molecule has 1 aromatic carbocycles. The van der Waals surface area contributed by atoms with Crippen molar-refractivity contribution >= 4 is 18.4 Å². The van der Waals surface area contributed by atoms with Gasteiger partial charge < -0.3 is 4.74 Å². The molecule has 1 rings (SSSR count). The fourth-order valence-electron chi connectivity index (χ4n) is 0.610. The molecule has 0 saturated carbocycles. The number of rotatable bonds is 1. The van der Waals surface area contributed by atoms with E-state index in [0.717, 1.165) is 5.75 Å². The third-order valence-electron chi connectivity index (χ3n) is 1.06. The Bertz CT molecular complexity index is 218. The first-order valence-corrected chi connectivity index (χ1v) is 3.21. The van der Waals surface area contributed by atoms with Crippen LogP contribution in [0, 0.1) is 0 Å². The van der Waals surface area contributed by atoms with Crippen molar-refractivity contribution < 1.29 is 26.9 Å². The van der Waals surface area contributed by atoms with Crippen LogP contribution in [-0.4, -0.2) is 13.9 Å². The van der Waals surface area contributed by atoms with Gasteiger partial charge in [-0.05, 0) is 12.1 Å². The quantitative estimate of drug-likeness (QED) is 0.726. The van der Waals surface area contributed by atoms with Crippen LogP contribution in [0.4, 0.5) is 0 Å². The van der Waals surface area contributed by atoms with E-state index in [1.165, 1.54) is 0 Å². The Morgan fingerprint density at radius 3 is 2.17 bits per heavy atom. The van der Waals surface area contributed by atoms with Gasteiger partial charge in [0, 0.05) is 17.4 Å². The zero-order chi connectivity index (χ0) is 8.69. The molecule has 0 atom stereocenters. The van der Waals surface area contributed by atoms with Gasteiger partial charge in [-0.15, -0.1) is 0 Å². The van der Waals surface area contributed by atoms with E-state index < -0.39 is 0 Å². The summed E-state index contributed by atoms with van der Waals surface area (Å²) < 4.78 is 4.91. The summed E-state index contributed by atoms with van der Waals surface area (Å²) in [5.74, 6) is 0.721. The second kappa shape index (κ2) is 8.61. The average Bonchev–Trinajstić information content (AvgIpc) is 2.09. The van der Waals surface area contributed by atoms with Gasteiger partial charge in [-0.3, -0.25) is 4.79 Å². The monoisotopic (exact) mass is 222 g/mol. The Balaban J connectivity index is 0. The van der Waals surface area contributed by atoms with Crippen LogP contribution in [0.25, 0.3) is 0 Å². The van der Waals surface area contributed by atoms with Gasteiger partial charge in [0.2, 0.25) is 0 Å². The van der Waals surface area contributed by atoms with Gasteiger partial charge in [0.05, 0.1) is 12.1 Å². The number of benzene rings is 1. The molecular weight excluding hydrogens is 216 g/mol. The Morgan fingerprint density at radius 1 is 1.33 bits per heavy atom. The van der Waals surface area contributed by atoms with Crippen LogP contribution in [-0.2, 0) is 22.2 Å². The normalized spacial score (nSPS) is 7.17. The van der Waals surface area contributed by atoms with Crippen molar-refractivity contribution in [1.82, 2.24) is 0 Å². The standard InChI is InChI=1S/C7H7ClO.CO.Cr/c1-9-7-5-3-2-4-6(7)8;1-2;/h2-5H,1H3;;. The van der Waals surface area contributed by atoms with Crippen LogP contribution in [0.2, 0.25) is 5.02 Å². The molecule has 2 nitrogen and oxygen atoms in total. The number of methoxy groups -OCH3 is 1. The number of carbonyl (C=O) groups excluding carboxylic acids is 1. The average molecular weight is 223 g/mol. The van der Waals surface area contributed by atoms with E-state index in [4.69, 9.17) is 21.1 Å². The fraction of sp³-hybridized carbons (Fsp3) is 0.125. The largest absolute Gasteiger partial charge is 0.495 e. The summed E-state index contributed by atoms with van der Waals surface area (Å²) in [6, 6.07) is 7.36. The third kappa shape index (κ3) is 4.40. The molecule has 1 aromatic rings. The smallest absolute Gasteiger partial charge is 0.281 e. The first kappa shape index (κ1) is 14.1. The Kier molecular flexibility index (Phi) is 10.1. The van der Waals surface area contributed by atoms with Crippen LogP contribution >= 0.6 is 11.6 Å². The summed E-state index contributed by atoms with van der Waals surface area (Å²) in [6.45, 7) is 4.50. The van der Waals surface area contributed by atoms with E-state index in [0.29, 0.717) is 5.02 Å². The minimum atomic E-state index is 0. The molecule has 0 aromatic heterocycles. The van der Waals surface area contributed by atoms with Crippen molar-refractivity contribution in [3.05, 3.63) is 29.3 Å². The minimum absolute atomic E-state index is 0. The van der Waals surface area contributed by atoms with E-state index in [1.54, 1.807) is 13.2 Å². The molecular formula is C8H7ClCrO2. The van der Waals surface area contributed by atoms with Crippen molar-refractivity contribution in [2.75, 3.05) is 7.11 Å². The summed E-state index contributed by atoms with van der Waals surface area (Å²) >= 11 is 5.70. The summed E-state index contributed by atoms with van der Waals surface area (Å²) in [5, 5.41) is 0.653. The molecule has 0 heterocycles. The van der Waals surface area contributed by atoms with Gasteiger partial charge in [0.15, 0.2) is 0 Å². The summed E-state index contributed by atoms with van der Waals surface area (Å²) in [4.78, 5) is 7.50. The first-order chi connectivity index (χ1) is 5.34. The molecule has 0 spiro atoms. The van der Waals surface area contributed by atoms with Crippen molar-refractivity contribution in [3.8, 4) is 5.75 Å². The van der Waals surface area contributed by atoms with Crippen LogP contribution in [0.3, 0.4) is 0 Å². The van der Waals surface area contributed by atoms with Crippen molar-refractivity contribution in [1.29, 1.82) is 0 Å². The molecule has 0 aliphatic carbocycles. The van der Waals surface area contributed by atoms with Gasteiger partial charge >= 0.3 is 0 Å². The maximum absolute atomic E-state index is 7.50. The minimum Gasteiger partial charge on any atom is -0.495 e. The molecule has 0 aliphatic heterocycles. The van der Waals surface area contributed by atoms with Gasteiger partial charge in [0.1, 0.15) is 5.75 Å². The van der Waals surface area contributed by atoms with E-state index in [9.17, 15) is 0 Å². The second-order valence-corrected chi connectivity index (χ2v) is 2.04. The van der Waals surface area contributed by atoms with Gasteiger partial charge in [0.25, 0.3) is 6.79 Å². The molecule has 0 fully saturated rings.